The SMILES string of the molecule is Cc1ccc(S(=O)(=O)N2CCN(C(=O)[C@H](C)NC(=O)c3ccccc3Cl)CC2)cc1. The van der Waals surface area contributed by atoms with E-state index in [1.165, 1.54) is 4.31 Å². The van der Waals surface area contributed by atoms with E-state index >= 15 is 0 Å². The largest absolute Gasteiger partial charge is 0.340 e. The van der Waals surface area contributed by atoms with Gasteiger partial charge >= 0.3 is 0 Å². The summed E-state index contributed by atoms with van der Waals surface area (Å²) in [5.41, 5.74) is 1.28. The molecule has 7 nitrogen and oxygen atoms in total. The number of halogens is 1. The van der Waals surface area contributed by atoms with Crippen LogP contribution in [0, 0.1) is 6.92 Å². The summed E-state index contributed by atoms with van der Waals surface area (Å²) < 4.78 is 27.0. The van der Waals surface area contributed by atoms with Crippen LogP contribution in [0.15, 0.2) is 53.4 Å². The summed E-state index contributed by atoms with van der Waals surface area (Å²) in [7, 11) is -3.60. The Bertz CT molecular complexity index is 1030. The first-order chi connectivity index (χ1) is 14.2. The Hall–Kier alpha value is -2.42. The number of rotatable bonds is 5. The maximum atomic E-state index is 12.8. The number of nitrogens with one attached hydrogen (secondary N) is 1. The molecule has 0 aromatic heterocycles. The summed E-state index contributed by atoms with van der Waals surface area (Å²) in [5.74, 6) is -0.690. The summed E-state index contributed by atoms with van der Waals surface area (Å²) >= 11 is 6.03. The molecular weight excluding hydrogens is 426 g/mol. The van der Waals surface area contributed by atoms with E-state index in [9.17, 15) is 18.0 Å². The highest BCUT2D eigenvalue weighted by Gasteiger charge is 2.32. The van der Waals surface area contributed by atoms with Gasteiger partial charge in [0.15, 0.2) is 0 Å². The van der Waals surface area contributed by atoms with Gasteiger partial charge in [0.25, 0.3) is 5.91 Å². The molecule has 3 rings (SSSR count). The zero-order chi connectivity index (χ0) is 21.9. The molecule has 1 heterocycles. The monoisotopic (exact) mass is 449 g/mol. The number of aryl methyl sites for hydroxylation is 1. The molecule has 1 fully saturated rings. The third kappa shape index (κ3) is 4.83. The first-order valence-electron chi connectivity index (χ1n) is 9.61. The van der Waals surface area contributed by atoms with Crippen molar-refractivity contribution in [1.82, 2.24) is 14.5 Å². The number of piperazine rings is 1. The third-order valence-electron chi connectivity index (χ3n) is 5.05. The molecule has 30 heavy (non-hydrogen) atoms. The van der Waals surface area contributed by atoms with E-state index in [0.29, 0.717) is 10.6 Å². The summed E-state index contributed by atoms with van der Waals surface area (Å²) in [4.78, 5) is 26.9. The standard InChI is InChI=1S/C21H24ClN3O4S/c1-15-7-9-17(10-8-15)30(28,29)25-13-11-24(12-14-25)21(27)16(2)23-20(26)18-5-3-4-6-19(18)22/h3-10,16H,11-14H2,1-2H3,(H,23,26)/t16-/m0/s1. The van der Waals surface area contributed by atoms with Gasteiger partial charge in [0.1, 0.15) is 6.04 Å². The number of sulfonamides is 1. The molecule has 9 heteroatoms. The zero-order valence-electron chi connectivity index (χ0n) is 16.8. The zero-order valence-corrected chi connectivity index (χ0v) is 18.4. The molecule has 0 unspecified atom stereocenters. The van der Waals surface area contributed by atoms with Gasteiger partial charge in [-0.15, -0.1) is 0 Å². The van der Waals surface area contributed by atoms with Crippen molar-refractivity contribution in [2.75, 3.05) is 26.2 Å². The van der Waals surface area contributed by atoms with Gasteiger partial charge in [0.05, 0.1) is 15.5 Å². The highest BCUT2D eigenvalue weighted by Crippen LogP contribution is 2.19. The average Bonchev–Trinajstić information content (AvgIpc) is 2.73. The maximum absolute atomic E-state index is 12.8. The fraction of sp³-hybridized carbons (Fsp3) is 0.333. The summed E-state index contributed by atoms with van der Waals surface area (Å²) in [6, 6.07) is 12.6. The molecule has 2 aromatic carbocycles. The van der Waals surface area contributed by atoms with Gasteiger partial charge in [-0.3, -0.25) is 9.59 Å². The second-order valence-electron chi connectivity index (χ2n) is 7.22. The third-order valence-corrected chi connectivity index (χ3v) is 7.29. The smallest absolute Gasteiger partial charge is 0.253 e. The van der Waals surface area contributed by atoms with Crippen LogP contribution in [0.2, 0.25) is 5.02 Å². The summed E-state index contributed by atoms with van der Waals surface area (Å²) in [6.45, 7) is 4.42. The fourth-order valence-corrected chi connectivity index (χ4v) is 4.91. The second kappa shape index (κ2) is 9.16. The quantitative estimate of drug-likeness (QED) is 0.758. The molecule has 0 bridgehead atoms. The number of benzene rings is 2. The van der Waals surface area contributed by atoms with E-state index < -0.39 is 22.0 Å². The Labute approximate surface area is 181 Å². The van der Waals surface area contributed by atoms with Gasteiger partial charge in [-0.1, -0.05) is 41.4 Å². The lowest BCUT2D eigenvalue weighted by Gasteiger charge is -2.35. The highest BCUT2D eigenvalue weighted by atomic mass is 35.5. The molecule has 1 aliphatic heterocycles. The van der Waals surface area contributed by atoms with Gasteiger partial charge in [-0.25, -0.2) is 8.42 Å². The number of hydrogen-bond acceptors (Lipinski definition) is 4. The predicted molar refractivity (Wildman–Crippen MR) is 115 cm³/mol. The lowest BCUT2D eigenvalue weighted by atomic mass is 10.2. The lowest BCUT2D eigenvalue weighted by molar-refractivity contribution is -0.134. The predicted octanol–water partition coefficient (Wildman–Crippen LogP) is 2.30. The molecular formula is C21H24ClN3O4S. The summed E-state index contributed by atoms with van der Waals surface area (Å²) in [5, 5.41) is 2.97. The molecule has 0 aliphatic carbocycles. The van der Waals surface area contributed by atoms with Crippen LogP contribution >= 0.6 is 11.6 Å². The van der Waals surface area contributed by atoms with Crippen molar-refractivity contribution in [2.24, 2.45) is 0 Å². The van der Waals surface area contributed by atoms with E-state index in [1.54, 1.807) is 60.4 Å². The minimum Gasteiger partial charge on any atom is -0.340 e. The first kappa shape index (κ1) is 22.3. The minimum atomic E-state index is -3.60. The van der Waals surface area contributed by atoms with Crippen molar-refractivity contribution in [3.63, 3.8) is 0 Å². The topological polar surface area (TPSA) is 86.8 Å². The lowest BCUT2D eigenvalue weighted by Crippen LogP contribution is -2.55. The molecule has 0 spiro atoms. The maximum Gasteiger partial charge on any atom is 0.253 e. The van der Waals surface area contributed by atoms with Crippen molar-refractivity contribution in [1.29, 1.82) is 0 Å². The average molecular weight is 450 g/mol. The molecule has 160 valence electrons. The van der Waals surface area contributed by atoms with Gasteiger partial charge in [-0.05, 0) is 38.1 Å². The molecule has 0 saturated carbocycles. The Kier molecular flexibility index (Phi) is 6.80. The molecule has 0 radical (unpaired) electrons. The van der Waals surface area contributed by atoms with Gasteiger partial charge < -0.3 is 10.2 Å². The molecule has 1 aliphatic rings. The van der Waals surface area contributed by atoms with Crippen LogP contribution < -0.4 is 5.32 Å². The van der Waals surface area contributed by atoms with E-state index in [2.05, 4.69) is 5.32 Å². The van der Waals surface area contributed by atoms with E-state index in [4.69, 9.17) is 11.6 Å². The van der Waals surface area contributed by atoms with E-state index in [-0.39, 0.29) is 37.0 Å². The van der Waals surface area contributed by atoms with Gasteiger partial charge in [0, 0.05) is 26.2 Å². The van der Waals surface area contributed by atoms with Crippen molar-refractivity contribution < 1.29 is 18.0 Å². The van der Waals surface area contributed by atoms with Crippen molar-refractivity contribution >= 4 is 33.4 Å². The van der Waals surface area contributed by atoms with Crippen LogP contribution in [-0.2, 0) is 14.8 Å². The molecule has 1 saturated heterocycles. The van der Waals surface area contributed by atoms with Crippen LogP contribution in [0.25, 0.3) is 0 Å². The van der Waals surface area contributed by atoms with Crippen molar-refractivity contribution in [3.05, 3.63) is 64.7 Å². The Morgan fingerprint density at radius 2 is 1.60 bits per heavy atom. The van der Waals surface area contributed by atoms with E-state index in [0.717, 1.165) is 5.56 Å². The van der Waals surface area contributed by atoms with Crippen LogP contribution in [-0.4, -0.2) is 61.7 Å². The first-order valence-corrected chi connectivity index (χ1v) is 11.4. The Balaban J connectivity index is 1.59. The summed E-state index contributed by atoms with van der Waals surface area (Å²) in [6.07, 6.45) is 0. The normalized spacial score (nSPS) is 16.2. The second-order valence-corrected chi connectivity index (χ2v) is 9.56. The number of amides is 2. The molecule has 1 atom stereocenters. The van der Waals surface area contributed by atoms with E-state index in [1.807, 2.05) is 6.92 Å². The van der Waals surface area contributed by atoms with Crippen LogP contribution in [0.4, 0.5) is 0 Å². The van der Waals surface area contributed by atoms with Gasteiger partial charge in [0.2, 0.25) is 15.9 Å². The van der Waals surface area contributed by atoms with Gasteiger partial charge in [-0.2, -0.15) is 4.31 Å². The van der Waals surface area contributed by atoms with Crippen molar-refractivity contribution in [3.8, 4) is 0 Å². The minimum absolute atomic E-state index is 0.202. The number of hydrogen-bond donors (Lipinski definition) is 1. The number of nitrogens with zero attached hydrogens (tertiary/aromatic N) is 2. The van der Waals surface area contributed by atoms with Crippen LogP contribution in [0.1, 0.15) is 22.8 Å². The van der Waals surface area contributed by atoms with Crippen LogP contribution in [0.5, 0.6) is 0 Å². The number of carbonyl (C=O) groups is 2. The fourth-order valence-electron chi connectivity index (χ4n) is 3.26. The molecule has 2 amide bonds. The van der Waals surface area contributed by atoms with Crippen LogP contribution in [0.3, 0.4) is 0 Å². The Morgan fingerprint density at radius 3 is 2.20 bits per heavy atom. The number of carbonyl (C=O) groups excluding carboxylic acids is 2. The molecule has 1 N–H and O–H groups in total. The Morgan fingerprint density at radius 1 is 1.00 bits per heavy atom. The van der Waals surface area contributed by atoms with Crippen molar-refractivity contribution in [2.45, 2.75) is 24.8 Å². The molecule has 2 aromatic rings. The highest BCUT2D eigenvalue weighted by molar-refractivity contribution is 7.89.